The van der Waals surface area contributed by atoms with Gasteiger partial charge >= 0.3 is 0 Å². The number of likely N-dealkylation sites (tertiary alicyclic amines) is 1. The normalized spacial score (nSPS) is 21.7. The Hall–Kier alpha value is -2.62. The molecule has 4 nitrogen and oxygen atoms in total. The first kappa shape index (κ1) is 17.8. The number of fused-ring (bicyclic) bond motifs is 2. The highest BCUT2D eigenvalue weighted by molar-refractivity contribution is 5.95. The topological polar surface area (TPSA) is 63.4 Å². The summed E-state index contributed by atoms with van der Waals surface area (Å²) >= 11 is 0. The van der Waals surface area contributed by atoms with Gasteiger partial charge in [0.2, 0.25) is 5.91 Å². The zero-order valence-corrected chi connectivity index (χ0v) is 15.6. The molecule has 0 spiro atoms. The molecule has 2 atom stereocenters. The van der Waals surface area contributed by atoms with Gasteiger partial charge in [0.15, 0.2) is 0 Å². The van der Waals surface area contributed by atoms with Crippen molar-refractivity contribution in [1.29, 1.82) is 0 Å². The van der Waals surface area contributed by atoms with E-state index in [0.717, 1.165) is 35.3 Å². The first-order chi connectivity index (χ1) is 13.1. The van der Waals surface area contributed by atoms with Crippen molar-refractivity contribution in [2.75, 3.05) is 13.1 Å². The molecule has 0 aromatic heterocycles. The fraction of sp³-hybridized carbons (Fsp3) is 0.391. The molecule has 4 rings (SSSR count). The van der Waals surface area contributed by atoms with Crippen LogP contribution in [0.3, 0.4) is 0 Å². The number of primary amides is 1. The van der Waals surface area contributed by atoms with Gasteiger partial charge in [-0.15, -0.1) is 0 Å². The molecule has 2 aromatic rings. The van der Waals surface area contributed by atoms with Gasteiger partial charge in [-0.2, -0.15) is 0 Å². The molecule has 1 saturated heterocycles. The fourth-order valence-corrected chi connectivity index (χ4v) is 4.63. The molecule has 4 heteroatoms. The summed E-state index contributed by atoms with van der Waals surface area (Å²) in [6.45, 7) is 1.81. The van der Waals surface area contributed by atoms with Crippen LogP contribution in [0.5, 0.6) is 0 Å². The molecule has 27 heavy (non-hydrogen) atoms. The van der Waals surface area contributed by atoms with Crippen molar-refractivity contribution in [2.24, 2.45) is 17.6 Å². The molecule has 2 bridgehead atoms. The minimum Gasteiger partial charge on any atom is -0.369 e. The third-order valence-electron chi connectivity index (χ3n) is 5.91. The number of rotatable bonds is 4. The first-order valence-corrected chi connectivity index (χ1v) is 9.85. The molecule has 0 radical (unpaired) electrons. The molecule has 2 aliphatic rings. The van der Waals surface area contributed by atoms with Crippen LogP contribution < -0.4 is 5.73 Å². The van der Waals surface area contributed by atoms with Crippen molar-refractivity contribution >= 4 is 11.8 Å². The Kier molecular flexibility index (Phi) is 4.97. The van der Waals surface area contributed by atoms with E-state index in [0.29, 0.717) is 11.8 Å². The predicted octanol–water partition coefficient (Wildman–Crippen LogP) is 3.64. The smallest absolute Gasteiger partial charge is 0.253 e. The van der Waals surface area contributed by atoms with Crippen LogP contribution in [-0.2, 0) is 11.2 Å². The summed E-state index contributed by atoms with van der Waals surface area (Å²) in [5, 5.41) is 0. The van der Waals surface area contributed by atoms with Gasteiger partial charge in [-0.25, -0.2) is 0 Å². The maximum atomic E-state index is 13.1. The number of hydrogen-bond acceptors (Lipinski definition) is 2. The minimum absolute atomic E-state index is 0.152. The van der Waals surface area contributed by atoms with Gasteiger partial charge < -0.3 is 10.6 Å². The average Bonchev–Trinajstić information content (AvgIpc) is 2.67. The Morgan fingerprint density at radius 2 is 1.67 bits per heavy atom. The Balaban J connectivity index is 1.52. The molecule has 2 N–H and O–H groups in total. The maximum Gasteiger partial charge on any atom is 0.253 e. The molecular weight excluding hydrogens is 336 g/mol. The molecule has 2 fully saturated rings. The van der Waals surface area contributed by atoms with Gasteiger partial charge in [0.1, 0.15) is 0 Å². The number of hydrogen-bond donors (Lipinski definition) is 1. The highest BCUT2D eigenvalue weighted by Crippen LogP contribution is 2.35. The van der Waals surface area contributed by atoms with Crippen LogP contribution >= 0.6 is 0 Å². The highest BCUT2D eigenvalue weighted by Gasteiger charge is 2.32. The molecule has 0 unspecified atom stereocenters. The van der Waals surface area contributed by atoms with Gasteiger partial charge in [0, 0.05) is 18.7 Å². The summed E-state index contributed by atoms with van der Waals surface area (Å²) in [5.41, 5.74) is 8.96. The molecule has 1 saturated carbocycles. The van der Waals surface area contributed by atoms with Gasteiger partial charge in [-0.05, 0) is 59.9 Å². The quantitative estimate of drug-likeness (QED) is 0.902. The Labute approximate surface area is 160 Å². The summed E-state index contributed by atoms with van der Waals surface area (Å²) in [6, 6.07) is 15.7. The van der Waals surface area contributed by atoms with E-state index in [9.17, 15) is 9.59 Å². The second kappa shape index (κ2) is 7.55. The Morgan fingerprint density at radius 3 is 2.33 bits per heavy atom. The second-order valence-electron chi connectivity index (χ2n) is 8.03. The number of amides is 2. The van der Waals surface area contributed by atoms with E-state index in [1.165, 1.54) is 25.7 Å². The van der Waals surface area contributed by atoms with E-state index in [1.54, 1.807) is 0 Å². The third kappa shape index (κ3) is 4.05. The molecule has 1 aliphatic heterocycles. The number of nitrogens with two attached hydrogens (primary N) is 1. The Bertz CT molecular complexity index is 832. The van der Waals surface area contributed by atoms with E-state index < -0.39 is 0 Å². The third-order valence-corrected chi connectivity index (χ3v) is 5.91. The predicted molar refractivity (Wildman–Crippen MR) is 106 cm³/mol. The van der Waals surface area contributed by atoms with Crippen LogP contribution in [0.4, 0.5) is 0 Å². The minimum atomic E-state index is -0.332. The zero-order chi connectivity index (χ0) is 18.8. The van der Waals surface area contributed by atoms with Crippen molar-refractivity contribution in [1.82, 2.24) is 4.90 Å². The number of benzene rings is 2. The molecule has 1 aliphatic carbocycles. The lowest BCUT2D eigenvalue weighted by atomic mass is 9.78. The van der Waals surface area contributed by atoms with E-state index in [1.807, 2.05) is 48.5 Å². The van der Waals surface area contributed by atoms with Gasteiger partial charge in [0.25, 0.3) is 5.91 Å². The standard InChI is InChI=1S/C23H26N2O2/c24-22(26)12-16-7-9-19(10-8-16)20-5-2-6-21(13-20)23(27)25-14-17-3-1-4-18(11-17)15-25/h2,5-10,13,17-18H,1,3-4,11-12,14-15H2,(H2,24,26)/t17-,18+. The van der Waals surface area contributed by atoms with Crippen molar-refractivity contribution in [3.8, 4) is 11.1 Å². The highest BCUT2D eigenvalue weighted by atomic mass is 16.2. The van der Waals surface area contributed by atoms with E-state index in [2.05, 4.69) is 4.90 Å². The van der Waals surface area contributed by atoms with Crippen LogP contribution in [0.2, 0.25) is 0 Å². The lowest BCUT2D eigenvalue weighted by Gasteiger charge is -2.41. The SMILES string of the molecule is NC(=O)Cc1ccc(-c2cccc(C(=O)N3C[C@@H]4CCC[C@@H](C4)C3)c2)cc1. The van der Waals surface area contributed by atoms with Crippen molar-refractivity contribution in [2.45, 2.75) is 32.1 Å². The lowest BCUT2D eigenvalue weighted by molar-refractivity contribution is -0.117. The van der Waals surface area contributed by atoms with E-state index in [-0.39, 0.29) is 18.2 Å². The summed E-state index contributed by atoms with van der Waals surface area (Å²) in [4.78, 5) is 26.2. The molecule has 2 aromatic carbocycles. The number of piperidine rings is 1. The van der Waals surface area contributed by atoms with Gasteiger partial charge in [0.05, 0.1) is 6.42 Å². The average molecular weight is 362 g/mol. The van der Waals surface area contributed by atoms with Crippen LogP contribution in [0.15, 0.2) is 48.5 Å². The summed E-state index contributed by atoms with van der Waals surface area (Å²) < 4.78 is 0. The summed E-state index contributed by atoms with van der Waals surface area (Å²) in [7, 11) is 0. The number of nitrogens with zero attached hydrogens (tertiary/aromatic N) is 1. The maximum absolute atomic E-state index is 13.1. The molecule has 1 heterocycles. The van der Waals surface area contributed by atoms with Crippen molar-refractivity contribution in [3.63, 3.8) is 0 Å². The first-order valence-electron chi connectivity index (χ1n) is 9.85. The van der Waals surface area contributed by atoms with Crippen LogP contribution in [0.1, 0.15) is 41.6 Å². The Morgan fingerprint density at radius 1 is 0.963 bits per heavy atom. The molecule has 2 amide bonds. The van der Waals surface area contributed by atoms with Crippen LogP contribution in [-0.4, -0.2) is 29.8 Å². The number of carbonyl (C=O) groups excluding carboxylic acids is 2. The summed E-state index contributed by atoms with van der Waals surface area (Å²) in [6.07, 6.45) is 5.38. The van der Waals surface area contributed by atoms with Gasteiger partial charge in [-0.1, -0.05) is 42.8 Å². The molecular formula is C23H26N2O2. The molecule has 140 valence electrons. The van der Waals surface area contributed by atoms with Gasteiger partial charge in [-0.3, -0.25) is 9.59 Å². The summed E-state index contributed by atoms with van der Waals surface area (Å²) in [5.74, 6) is 1.19. The fourth-order valence-electron chi connectivity index (χ4n) is 4.63. The lowest BCUT2D eigenvalue weighted by Crippen LogP contribution is -2.45. The van der Waals surface area contributed by atoms with Crippen molar-refractivity contribution < 1.29 is 9.59 Å². The van der Waals surface area contributed by atoms with E-state index in [4.69, 9.17) is 5.73 Å². The monoisotopic (exact) mass is 362 g/mol. The van der Waals surface area contributed by atoms with E-state index >= 15 is 0 Å². The zero-order valence-electron chi connectivity index (χ0n) is 15.6. The number of carbonyl (C=O) groups is 2. The van der Waals surface area contributed by atoms with Crippen LogP contribution in [0.25, 0.3) is 11.1 Å². The van der Waals surface area contributed by atoms with Crippen LogP contribution in [0, 0.1) is 11.8 Å². The largest absolute Gasteiger partial charge is 0.369 e. The van der Waals surface area contributed by atoms with Crippen molar-refractivity contribution in [3.05, 3.63) is 59.7 Å². The second-order valence-corrected chi connectivity index (χ2v) is 8.03.